The number of anilines is 1. The highest BCUT2D eigenvalue weighted by Gasteiger charge is 2.42. The molecule has 4 rings (SSSR count). The second-order valence-electron chi connectivity index (χ2n) is 7.43. The number of aryl methyl sites for hydroxylation is 1. The molecule has 1 amide bonds. The van der Waals surface area contributed by atoms with Gasteiger partial charge in [-0.25, -0.2) is 8.42 Å². The molecule has 6 nitrogen and oxygen atoms in total. The lowest BCUT2D eigenvalue weighted by Gasteiger charge is -2.09. The van der Waals surface area contributed by atoms with E-state index in [1.54, 1.807) is 12.1 Å². The van der Waals surface area contributed by atoms with Crippen LogP contribution in [-0.4, -0.2) is 48.8 Å². The Morgan fingerprint density at radius 2 is 1.97 bits per heavy atom. The van der Waals surface area contributed by atoms with Crippen LogP contribution in [-0.2, 0) is 16.3 Å². The van der Waals surface area contributed by atoms with Gasteiger partial charge >= 0.3 is 0 Å². The Morgan fingerprint density at radius 1 is 1.17 bits per heavy atom. The van der Waals surface area contributed by atoms with E-state index in [1.807, 2.05) is 12.1 Å². The predicted octanol–water partition coefficient (Wildman–Crippen LogP) is 2.65. The van der Waals surface area contributed by atoms with E-state index in [0.717, 1.165) is 12.1 Å². The average Bonchev–Trinajstić information content (AvgIpc) is 3.16. The number of benzene rings is 2. The molecule has 2 N–H and O–H groups in total. The van der Waals surface area contributed by atoms with Gasteiger partial charge in [0.25, 0.3) is 5.91 Å². The highest BCUT2D eigenvalue weighted by molar-refractivity contribution is 8.15. The Bertz CT molecular complexity index is 1050. The summed E-state index contributed by atoms with van der Waals surface area (Å²) in [6.07, 6.45) is 0.781. The van der Waals surface area contributed by atoms with Gasteiger partial charge in [-0.05, 0) is 37.1 Å². The topological polar surface area (TPSA) is 87.6 Å². The van der Waals surface area contributed by atoms with Crippen molar-refractivity contribution in [2.24, 2.45) is 4.99 Å². The Morgan fingerprint density at radius 3 is 2.72 bits per heavy atom. The molecule has 2 aromatic carbocycles. The number of nitrogens with one attached hydrogen (secondary N) is 2. The number of hydrogen-bond acceptors (Lipinski definition) is 6. The van der Waals surface area contributed by atoms with Crippen molar-refractivity contribution in [3.8, 4) is 0 Å². The minimum atomic E-state index is -2.96. The predicted molar refractivity (Wildman–Crippen MR) is 119 cm³/mol. The number of rotatable bonds is 5. The number of carbonyl (C=O) groups excluding carboxylic acids is 1. The van der Waals surface area contributed by atoms with Crippen molar-refractivity contribution < 1.29 is 13.2 Å². The zero-order chi connectivity index (χ0) is 20.4. The van der Waals surface area contributed by atoms with Gasteiger partial charge in [0.2, 0.25) is 0 Å². The van der Waals surface area contributed by atoms with E-state index in [1.165, 1.54) is 22.9 Å². The van der Waals surface area contributed by atoms with Crippen LogP contribution in [0.25, 0.3) is 0 Å². The third-order valence-corrected chi connectivity index (χ3v) is 8.16. The summed E-state index contributed by atoms with van der Waals surface area (Å²) in [7, 11) is -2.96. The van der Waals surface area contributed by atoms with Gasteiger partial charge in [-0.3, -0.25) is 9.79 Å². The Labute approximate surface area is 175 Å². The quantitative estimate of drug-likeness (QED) is 0.763. The molecule has 2 atom stereocenters. The number of fused-ring (bicyclic) bond motifs is 1. The molecule has 2 aliphatic rings. The number of carbonyl (C=O) groups is 1. The summed E-state index contributed by atoms with van der Waals surface area (Å²) in [4.78, 5) is 17.0. The molecule has 8 heteroatoms. The maximum Gasteiger partial charge on any atom is 0.251 e. The van der Waals surface area contributed by atoms with Gasteiger partial charge in [-0.15, -0.1) is 0 Å². The lowest BCUT2D eigenvalue weighted by atomic mass is 10.1. The van der Waals surface area contributed by atoms with Gasteiger partial charge in [0, 0.05) is 23.0 Å². The third kappa shape index (κ3) is 5.00. The fourth-order valence-electron chi connectivity index (χ4n) is 3.45. The van der Waals surface area contributed by atoms with Crippen molar-refractivity contribution in [2.45, 2.75) is 24.6 Å². The largest absolute Gasteiger partial charge is 0.352 e. The molecule has 29 heavy (non-hydrogen) atoms. The normalized spacial score (nSPS) is 22.0. The van der Waals surface area contributed by atoms with Gasteiger partial charge in [0.15, 0.2) is 15.0 Å². The second-order valence-corrected chi connectivity index (χ2v) is 10.8. The molecule has 152 valence electrons. The Hall–Kier alpha value is -2.32. The molecule has 0 bridgehead atoms. The van der Waals surface area contributed by atoms with Gasteiger partial charge in [0.05, 0.1) is 17.5 Å². The average molecular weight is 430 g/mol. The van der Waals surface area contributed by atoms with Crippen molar-refractivity contribution in [1.29, 1.82) is 0 Å². The Balaban J connectivity index is 1.32. The Kier molecular flexibility index (Phi) is 5.65. The van der Waals surface area contributed by atoms with E-state index < -0.39 is 9.84 Å². The summed E-state index contributed by atoms with van der Waals surface area (Å²) in [5.74, 6) is 0.185. The van der Waals surface area contributed by atoms with Crippen LogP contribution >= 0.6 is 11.8 Å². The molecule has 0 aromatic heterocycles. The molecular formula is C21H23N3O3S2. The van der Waals surface area contributed by atoms with Gasteiger partial charge < -0.3 is 10.6 Å². The number of amidine groups is 1. The maximum atomic E-state index is 12.5. The fraction of sp³-hybridized carbons (Fsp3) is 0.333. The molecule has 2 heterocycles. The van der Waals surface area contributed by atoms with Crippen LogP contribution in [0.2, 0.25) is 0 Å². The maximum absolute atomic E-state index is 12.5. The number of sulfone groups is 1. The zero-order valence-electron chi connectivity index (χ0n) is 16.1. The smallest absolute Gasteiger partial charge is 0.251 e. The standard InChI is InChI=1S/C21H23N3O3S2/c1-14-5-7-15(8-6-14)9-10-22-20(25)16-3-2-4-17(11-16)23-21-24-18-12-29(26,27)13-19(18)28-21/h2-8,11,18-19H,9-10,12-13H2,1H3,(H,22,25)(H,23,24)/t18-,19+/m1/s1. The monoisotopic (exact) mass is 429 g/mol. The van der Waals surface area contributed by atoms with E-state index in [2.05, 4.69) is 46.8 Å². The SMILES string of the molecule is Cc1ccc(CCNC(=O)c2cccc(NC3=N[C@@H]4CS(=O)(=O)C[C@@H]4S3)c2)cc1. The first-order valence-electron chi connectivity index (χ1n) is 9.54. The first-order chi connectivity index (χ1) is 13.9. The van der Waals surface area contributed by atoms with Crippen LogP contribution in [0.5, 0.6) is 0 Å². The minimum absolute atomic E-state index is 0.00393. The van der Waals surface area contributed by atoms with E-state index in [4.69, 9.17) is 0 Å². The highest BCUT2D eigenvalue weighted by atomic mass is 32.2. The zero-order valence-corrected chi connectivity index (χ0v) is 17.7. The van der Waals surface area contributed by atoms with E-state index in [-0.39, 0.29) is 28.7 Å². The van der Waals surface area contributed by atoms with Crippen LogP contribution in [0.1, 0.15) is 21.5 Å². The molecule has 1 fully saturated rings. The van der Waals surface area contributed by atoms with Crippen LogP contribution in [0.4, 0.5) is 5.69 Å². The molecule has 0 aliphatic carbocycles. The number of nitrogens with zero attached hydrogens (tertiary/aromatic N) is 1. The first-order valence-corrected chi connectivity index (χ1v) is 12.2. The summed E-state index contributed by atoms with van der Waals surface area (Å²) in [5, 5.41) is 6.88. The lowest BCUT2D eigenvalue weighted by molar-refractivity contribution is 0.0954. The summed E-state index contributed by atoms with van der Waals surface area (Å²) in [6.45, 7) is 2.62. The molecule has 1 saturated heterocycles. The molecule has 0 radical (unpaired) electrons. The van der Waals surface area contributed by atoms with Crippen molar-refractivity contribution in [3.63, 3.8) is 0 Å². The van der Waals surface area contributed by atoms with Crippen LogP contribution in [0.3, 0.4) is 0 Å². The fourth-order valence-corrected chi connectivity index (χ4v) is 7.13. The van der Waals surface area contributed by atoms with Crippen LogP contribution < -0.4 is 10.6 Å². The summed E-state index contributed by atoms with van der Waals surface area (Å²) >= 11 is 1.46. The van der Waals surface area contributed by atoms with E-state index >= 15 is 0 Å². The summed E-state index contributed by atoms with van der Waals surface area (Å²) in [6, 6.07) is 15.4. The van der Waals surface area contributed by atoms with Gasteiger partial charge in [-0.1, -0.05) is 47.7 Å². The molecule has 0 spiro atoms. The highest BCUT2D eigenvalue weighted by Crippen LogP contribution is 2.34. The van der Waals surface area contributed by atoms with E-state index in [9.17, 15) is 13.2 Å². The van der Waals surface area contributed by atoms with Crippen molar-refractivity contribution in [2.75, 3.05) is 23.4 Å². The molecule has 2 aliphatic heterocycles. The van der Waals surface area contributed by atoms with Crippen molar-refractivity contribution in [3.05, 3.63) is 65.2 Å². The molecule has 2 aromatic rings. The third-order valence-electron chi connectivity index (χ3n) is 5.01. The van der Waals surface area contributed by atoms with E-state index in [0.29, 0.717) is 17.3 Å². The van der Waals surface area contributed by atoms with Crippen molar-refractivity contribution in [1.82, 2.24) is 5.32 Å². The number of hydrogen-bond donors (Lipinski definition) is 2. The van der Waals surface area contributed by atoms with Gasteiger partial charge in [0.1, 0.15) is 0 Å². The van der Waals surface area contributed by atoms with Gasteiger partial charge in [-0.2, -0.15) is 0 Å². The second kappa shape index (κ2) is 8.20. The summed E-state index contributed by atoms with van der Waals surface area (Å²) < 4.78 is 23.3. The summed E-state index contributed by atoms with van der Waals surface area (Å²) in [5.41, 5.74) is 3.75. The first kappa shape index (κ1) is 20.0. The van der Waals surface area contributed by atoms with Crippen LogP contribution in [0.15, 0.2) is 53.5 Å². The number of aliphatic imine (C=N–C) groups is 1. The molecule has 0 saturated carbocycles. The van der Waals surface area contributed by atoms with Crippen molar-refractivity contribution >= 4 is 38.4 Å². The molecule has 0 unspecified atom stereocenters. The minimum Gasteiger partial charge on any atom is -0.352 e. The lowest BCUT2D eigenvalue weighted by Crippen LogP contribution is -2.25. The van der Waals surface area contributed by atoms with Crippen LogP contribution in [0, 0.1) is 6.92 Å². The molecular weight excluding hydrogens is 406 g/mol. The number of amides is 1. The number of thioether (sulfide) groups is 1.